The van der Waals surface area contributed by atoms with Crippen molar-refractivity contribution in [2.24, 2.45) is 0 Å². The summed E-state index contributed by atoms with van der Waals surface area (Å²) in [5.74, 6) is 0.496. The maximum Gasteiger partial charge on any atom is 0.251 e. The van der Waals surface area contributed by atoms with Gasteiger partial charge in [0.2, 0.25) is 0 Å². The van der Waals surface area contributed by atoms with Gasteiger partial charge in [0.1, 0.15) is 6.54 Å². The summed E-state index contributed by atoms with van der Waals surface area (Å²) >= 11 is 6.29. The van der Waals surface area contributed by atoms with Crippen LogP contribution in [0.25, 0.3) is 16.8 Å². The average Bonchev–Trinajstić information content (AvgIpc) is 3.11. The van der Waals surface area contributed by atoms with Crippen molar-refractivity contribution in [3.63, 3.8) is 0 Å². The summed E-state index contributed by atoms with van der Waals surface area (Å²) in [6.45, 7) is 1.53. The molecule has 1 unspecified atom stereocenters. The van der Waals surface area contributed by atoms with Crippen LogP contribution in [0.2, 0.25) is 0 Å². The Morgan fingerprint density at radius 3 is 2.41 bits per heavy atom. The summed E-state index contributed by atoms with van der Waals surface area (Å²) in [7, 11) is 6.51. The first-order chi connectivity index (χ1) is 14.8. The van der Waals surface area contributed by atoms with E-state index in [0.717, 1.165) is 38.6 Å². The minimum absolute atomic E-state index is 0. The molecule has 0 spiro atoms. The number of alkyl halides is 1. The van der Waals surface area contributed by atoms with Crippen molar-refractivity contribution >= 4 is 45.7 Å². The lowest BCUT2D eigenvalue weighted by atomic mass is 9.95. The van der Waals surface area contributed by atoms with E-state index in [1.54, 1.807) is 11.0 Å². The molecule has 3 aromatic carbocycles. The number of carbonyl (C=O) groups excluding carboxylic acids is 1. The van der Waals surface area contributed by atoms with Crippen LogP contribution in [0.1, 0.15) is 22.6 Å². The monoisotopic (exact) mass is 469 g/mol. The molecule has 6 heteroatoms. The molecule has 1 atom stereocenters. The summed E-state index contributed by atoms with van der Waals surface area (Å²) in [5.41, 5.74) is 11.3. The molecule has 2 N–H and O–H groups in total. The van der Waals surface area contributed by atoms with E-state index in [1.807, 2.05) is 30.3 Å². The van der Waals surface area contributed by atoms with Crippen LogP contribution >= 0.6 is 11.6 Å². The topological polar surface area (TPSA) is 46.3 Å². The number of hydrogen-bond acceptors (Lipinski definition) is 2. The fraction of sp³-hybridized carbons (Fsp3) is 0.269. The maximum absolute atomic E-state index is 13.1. The minimum atomic E-state index is -0.0565. The lowest BCUT2D eigenvalue weighted by molar-refractivity contribution is -0.884. The van der Waals surface area contributed by atoms with Gasteiger partial charge in [0.15, 0.2) is 0 Å². The van der Waals surface area contributed by atoms with Crippen LogP contribution in [0.15, 0.2) is 60.7 Å². The Bertz CT molecular complexity index is 1150. The number of amides is 1. The van der Waals surface area contributed by atoms with Crippen LogP contribution in [0, 0.1) is 0 Å². The van der Waals surface area contributed by atoms with Crippen LogP contribution < -0.4 is 23.0 Å². The Balaban J connectivity index is 0.00000289. The quantitative estimate of drug-likeness (QED) is 0.269. The molecule has 0 saturated heterocycles. The second-order valence-corrected chi connectivity index (χ2v) is 9.58. The number of benzene rings is 3. The molecule has 4 nitrogen and oxygen atoms in total. The van der Waals surface area contributed by atoms with Gasteiger partial charge in [-0.3, -0.25) is 4.79 Å². The van der Waals surface area contributed by atoms with Crippen molar-refractivity contribution in [2.45, 2.75) is 12.5 Å². The normalized spacial score (nSPS) is 15.8. The standard InChI is InChI=1S/C26H29ClN3O.ClH/c1-30(2,3)17-19-10-8-18(9-11-19)12-13-25(31)29-16-20(15-27)26-22-7-5-4-6-21(22)23(28)14-24(26)29;/h4-14,20H,15-17,28H2,1-3H3;1H/q+1;/p-1/b13-12+;. The van der Waals surface area contributed by atoms with Gasteiger partial charge in [-0.15, -0.1) is 11.6 Å². The zero-order valence-corrected chi connectivity index (χ0v) is 20.2. The Morgan fingerprint density at radius 1 is 1.12 bits per heavy atom. The summed E-state index contributed by atoms with van der Waals surface area (Å²) in [5, 5.41) is 2.09. The highest BCUT2D eigenvalue weighted by atomic mass is 35.5. The Kier molecular flexibility index (Phi) is 7.19. The van der Waals surface area contributed by atoms with Crippen molar-refractivity contribution < 1.29 is 21.7 Å². The summed E-state index contributed by atoms with van der Waals surface area (Å²) in [6.07, 6.45) is 3.51. The molecule has 1 aliphatic heterocycles. The number of nitrogen functional groups attached to an aromatic ring is 1. The molecular formula is C26H29Cl2N3O. The van der Waals surface area contributed by atoms with Gasteiger partial charge < -0.3 is 27.5 Å². The molecule has 0 saturated carbocycles. The van der Waals surface area contributed by atoms with E-state index in [1.165, 1.54) is 5.56 Å². The van der Waals surface area contributed by atoms with E-state index in [4.69, 9.17) is 17.3 Å². The molecular weight excluding hydrogens is 441 g/mol. The zero-order valence-electron chi connectivity index (χ0n) is 18.7. The number of hydrogen-bond donors (Lipinski definition) is 1. The van der Waals surface area contributed by atoms with Gasteiger partial charge in [-0.2, -0.15) is 0 Å². The fourth-order valence-electron chi connectivity index (χ4n) is 4.35. The van der Waals surface area contributed by atoms with Crippen molar-refractivity contribution in [2.75, 3.05) is 44.2 Å². The van der Waals surface area contributed by atoms with Crippen LogP contribution in [0.5, 0.6) is 0 Å². The number of carbonyl (C=O) groups is 1. The van der Waals surface area contributed by atoms with Crippen molar-refractivity contribution in [1.29, 1.82) is 0 Å². The summed E-state index contributed by atoms with van der Waals surface area (Å²) in [6, 6.07) is 18.3. The number of fused-ring (bicyclic) bond motifs is 3. The predicted molar refractivity (Wildman–Crippen MR) is 131 cm³/mol. The summed E-state index contributed by atoms with van der Waals surface area (Å²) < 4.78 is 0.877. The van der Waals surface area contributed by atoms with Gasteiger partial charge in [-0.1, -0.05) is 48.5 Å². The first-order valence-corrected chi connectivity index (χ1v) is 11.1. The Labute approximate surface area is 201 Å². The van der Waals surface area contributed by atoms with Gasteiger partial charge in [0.25, 0.3) is 5.91 Å². The largest absolute Gasteiger partial charge is 1.00 e. The van der Waals surface area contributed by atoms with Gasteiger partial charge in [0.05, 0.1) is 26.8 Å². The number of nitrogens with two attached hydrogens (primary N) is 1. The molecule has 168 valence electrons. The van der Waals surface area contributed by atoms with Crippen LogP contribution in [-0.4, -0.2) is 44.0 Å². The molecule has 3 aromatic rings. The van der Waals surface area contributed by atoms with Gasteiger partial charge in [-0.05, 0) is 28.7 Å². The summed E-state index contributed by atoms with van der Waals surface area (Å²) in [4.78, 5) is 14.9. The number of halogens is 2. The van der Waals surface area contributed by atoms with Crippen molar-refractivity contribution in [1.82, 2.24) is 0 Å². The second-order valence-electron chi connectivity index (χ2n) is 9.27. The fourth-order valence-corrected chi connectivity index (χ4v) is 4.60. The highest BCUT2D eigenvalue weighted by Gasteiger charge is 2.33. The zero-order chi connectivity index (χ0) is 22.2. The van der Waals surface area contributed by atoms with Crippen molar-refractivity contribution in [3.8, 4) is 0 Å². The second kappa shape index (κ2) is 9.53. The molecule has 1 aliphatic rings. The maximum atomic E-state index is 13.1. The highest BCUT2D eigenvalue weighted by molar-refractivity contribution is 6.19. The van der Waals surface area contributed by atoms with E-state index in [2.05, 4.69) is 51.5 Å². The molecule has 32 heavy (non-hydrogen) atoms. The molecule has 0 bridgehead atoms. The predicted octanol–water partition coefficient (Wildman–Crippen LogP) is 2.01. The van der Waals surface area contributed by atoms with Crippen molar-refractivity contribution in [3.05, 3.63) is 77.4 Å². The number of nitrogens with zero attached hydrogens (tertiary/aromatic N) is 2. The van der Waals surface area contributed by atoms with E-state index in [0.29, 0.717) is 18.1 Å². The third-order valence-corrected chi connectivity index (χ3v) is 6.08. The molecule has 1 heterocycles. The van der Waals surface area contributed by atoms with E-state index >= 15 is 0 Å². The molecule has 0 radical (unpaired) electrons. The van der Waals surface area contributed by atoms with Gasteiger partial charge >= 0.3 is 0 Å². The van der Waals surface area contributed by atoms with E-state index in [-0.39, 0.29) is 24.2 Å². The Morgan fingerprint density at radius 2 is 1.78 bits per heavy atom. The number of quaternary nitrogens is 1. The van der Waals surface area contributed by atoms with E-state index < -0.39 is 0 Å². The van der Waals surface area contributed by atoms with Gasteiger partial charge in [-0.25, -0.2) is 0 Å². The first-order valence-electron chi connectivity index (χ1n) is 10.5. The highest BCUT2D eigenvalue weighted by Crippen LogP contribution is 2.44. The lowest BCUT2D eigenvalue weighted by Gasteiger charge is -2.23. The number of anilines is 2. The SMILES string of the molecule is C[N+](C)(C)Cc1ccc(/C=C/C(=O)N2CC(CCl)c3c2cc(N)c2ccccc32)cc1.[Cl-]. The Hall–Kier alpha value is -2.53. The van der Waals surface area contributed by atoms with Crippen LogP contribution in [0.4, 0.5) is 11.4 Å². The van der Waals surface area contributed by atoms with Crippen LogP contribution in [0.3, 0.4) is 0 Å². The van der Waals surface area contributed by atoms with Crippen LogP contribution in [-0.2, 0) is 11.3 Å². The molecule has 4 rings (SSSR count). The molecule has 0 aromatic heterocycles. The molecule has 1 amide bonds. The molecule has 0 aliphatic carbocycles. The van der Waals surface area contributed by atoms with Gasteiger partial charge in [0, 0.05) is 41.1 Å². The van der Waals surface area contributed by atoms with E-state index in [9.17, 15) is 4.79 Å². The molecule has 0 fully saturated rings. The lowest BCUT2D eigenvalue weighted by Crippen LogP contribution is -3.00. The smallest absolute Gasteiger partial charge is 0.251 e. The minimum Gasteiger partial charge on any atom is -1.00 e. The third-order valence-electron chi connectivity index (χ3n) is 5.71. The average molecular weight is 470 g/mol. The number of rotatable bonds is 5. The first kappa shape index (κ1) is 24.1. The third kappa shape index (κ3) is 4.93.